The minimum atomic E-state index is 1.23. The van der Waals surface area contributed by atoms with E-state index in [1.54, 1.807) is 0 Å². The highest BCUT2D eigenvalue weighted by atomic mass is 32.1. The van der Waals surface area contributed by atoms with E-state index in [1.807, 2.05) is 22.7 Å². The van der Waals surface area contributed by atoms with E-state index >= 15 is 0 Å². The highest BCUT2D eigenvalue weighted by Crippen LogP contribution is 2.49. The van der Waals surface area contributed by atoms with Crippen LogP contribution in [0.2, 0.25) is 0 Å². The molecule has 0 nitrogen and oxygen atoms in total. The molecule has 54 heavy (non-hydrogen) atoms. The fourth-order valence-electron chi connectivity index (χ4n) is 9.06. The molecule has 0 spiro atoms. The van der Waals surface area contributed by atoms with Gasteiger partial charge in [-0.25, -0.2) is 0 Å². The molecule has 0 amide bonds. The maximum Gasteiger partial charge on any atom is 0.0448 e. The maximum absolute atomic E-state index is 2.45. The van der Waals surface area contributed by atoms with Crippen LogP contribution in [0.5, 0.6) is 0 Å². The molecule has 12 rings (SSSR count). The van der Waals surface area contributed by atoms with E-state index in [0.717, 1.165) is 0 Å². The molecule has 0 aliphatic heterocycles. The summed E-state index contributed by atoms with van der Waals surface area (Å²) in [5.41, 5.74) is 7.58. The Labute approximate surface area is 319 Å². The molecule has 12 aromatic rings. The van der Waals surface area contributed by atoms with Gasteiger partial charge in [0, 0.05) is 40.3 Å². The average molecular weight is 719 g/mol. The smallest absolute Gasteiger partial charge is 0.0448 e. The van der Waals surface area contributed by atoms with Crippen molar-refractivity contribution in [3.05, 3.63) is 182 Å². The summed E-state index contributed by atoms with van der Waals surface area (Å²) in [5, 5.41) is 15.7. The summed E-state index contributed by atoms with van der Waals surface area (Å²) in [6.07, 6.45) is 0. The van der Waals surface area contributed by atoms with Gasteiger partial charge in [-0.3, -0.25) is 0 Å². The van der Waals surface area contributed by atoms with Gasteiger partial charge >= 0.3 is 0 Å². The molecule has 0 radical (unpaired) electrons. The Morgan fingerprint density at radius 3 is 1.56 bits per heavy atom. The van der Waals surface area contributed by atoms with Crippen molar-refractivity contribution in [2.45, 2.75) is 0 Å². The third-order valence-electron chi connectivity index (χ3n) is 11.4. The van der Waals surface area contributed by atoms with Crippen LogP contribution < -0.4 is 0 Å². The van der Waals surface area contributed by atoms with Gasteiger partial charge in [-0.15, -0.1) is 22.7 Å². The largest absolute Gasteiger partial charge is 0.135 e. The Morgan fingerprint density at radius 1 is 0.278 bits per heavy atom. The van der Waals surface area contributed by atoms with E-state index < -0.39 is 0 Å². The molecule has 0 aliphatic carbocycles. The SMILES string of the molecule is c1ccc2cc(-c3c4ccccc4c(-c4ccc(-c5cc6sc7c(ccc8sc9ccccc9c87)c6c6ccccc56)cc4)c4ccccc34)ccc2c1. The van der Waals surface area contributed by atoms with E-state index in [-0.39, 0.29) is 0 Å². The Hall–Kier alpha value is -6.32. The maximum atomic E-state index is 2.45. The second kappa shape index (κ2) is 11.6. The van der Waals surface area contributed by atoms with Crippen molar-refractivity contribution in [3.8, 4) is 33.4 Å². The molecule has 250 valence electrons. The van der Waals surface area contributed by atoms with Crippen LogP contribution in [0.25, 0.3) is 117 Å². The molecule has 0 N–H and O–H groups in total. The van der Waals surface area contributed by atoms with Crippen molar-refractivity contribution in [2.24, 2.45) is 0 Å². The first-order valence-corrected chi connectivity index (χ1v) is 20.1. The van der Waals surface area contributed by atoms with Gasteiger partial charge in [-0.2, -0.15) is 0 Å². The molecule has 0 fully saturated rings. The standard InChI is InChI=1S/C52H30S2/c1-2-12-34-29-35(26-21-31(34)11-1)49-40-17-7-5-15-38(40)48(39-16-6-8-18-41(39)49)33-24-22-32(23-25-33)44-30-47-50(37-14-4-3-13-36(37)44)43-27-28-46-51(52(43)54-47)42-19-9-10-20-45(42)53-46/h1-30H. The van der Waals surface area contributed by atoms with Gasteiger partial charge in [0.2, 0.25) is 0 Å². The van der Waals surface area contributed by atoms with Crippen LogP contribution in [0.1, 0.15) is 0 Å². The fourth-order valence-corrected chi connectivity index (χ4v) is 11.6. The third-order valence-corrected chi connectivity index (χ3v) is 13.7. The lowest BCUT2D eigenvalue weighted by Crippen LogP contribution is -1.91. The van der Waals surface area contributed by atoms with Gasteiger partial charge in [0.15, 0.2) is 0 Å². The Kier molecular flexibility index (Phi) is 6.48. The van der Waals surface area contributed by atoms with Gasteiger partial charge in [0.25, 0.3) is 0 Å². The lowest BCUT2D eigenvalue weighted by Gasteiger charge is -2.18. The van der Waals surface area contributed by atoms with Crippen LogP contribution in [-0.2, 0) is 0 Å². The molecular weight excluding hydrogens is 689 g/mol. The summed E-state index contributed by atoms with van der Waals surface area (Å²) in [4.78, 5) is 0. The molecule has 2 aromatic heterocycles. The van der Waals surface area contributed by atoms with Crippen molar-refractivity contribution >= 4 is 106 Å². The third kappa shape index (κ3) is 4.36. The van der Waals surface area contributed by atoms with Crippen LogP contribution >= 0.6 is 22.7 Å². The molecule has 0 saturated carbocycles. The lowest BCUT2D eigenvalue weighted by atomic mass is 9.85. The number of hydrogen-bond donors (Lipinski definition) is 0. The van der Waals surface area contributed by atoms with Gasteiger partial charge in [-0.05, 0) is 101 Å². The zero-order valence-corrected chi connectivity index (χ0v) is 30.8. The lowest BCUT2D eigenvalue weighted by molar-refractivity contribution is 1.64. The van der Waals surface area contributed by atoms with E-state index in [2.05, 4.69) is 182 Å². The summed E-state index contributed by atoms with van der Waals surface area (Å²) >= 11 is 3.84. The molecule has 0 atom stereocenters. The summed E-state index contributed by atoms with van der Waals surface area (Å²) in [7, 11) is 0. The molecule has 2 heteroatoms. The van der Waals surface area contributed by atoms with Crippen LogP contribution in [-0.4, -0.2) is 0 Å². The zero-order valence-electron chi connectivity index (χ0n) is 29.1. The minimum absolute atomic E-state index is 1.23. The average Bonchev–Trinajstić information content (AvgIpc) is 3.81. The highest BCUT2D eigenvalue weighted by molar-refractivity contribution is 7.30. The first kappa shape index (κ1) is 30.2. The second-order valence-electron chi connectivity index (χ2n) is 14.3. The molecule has 0 saturated heterocycles. The monoisotopic (exact) mass is 718 g/mol. The molecule has 0 bridgehead atoms. The van der Waals surface area contributed by atoms with E-state index in [0.29, 0.717) is 0 Å². The minimum Gasteiger partial charge on any atom is -0.135 e. The first-order valence-electron chi connectivity index (χ1n) is 18.5. The highest BCUT2D eigenvalue weighted by Gasteiger charge is 2.19. The second-order valence-corrected chi connectivity index (χ2v) is 16.5. The Morgan fingerprint density at radius 2 is 0.833 bits per heavy atom. The molecule has 0 aliphatic rings. The van der Waals surface area contributed by atoms with Crippen molar-refractivity contribution in [1.82, 2.24) is 0 Å². The quantitative estimate of drug-likeness (QED) is 0.160. The van der Waals surface area contributed by atoms with Crippen molar-refractivity contribution in [2.75, 3.05) is 0 Å². The number of hydrogen-bond acceptors (Lipinski definition) is 2. The zero-order chi connectivity index (χ0) is 35.3. The molecule has 2 heterocycles. The molecular formula is C52H30S2. The topological polar surface area (TPSA) is 0 Å². The van der Waals surface area contributed by atoms with E-state index in [9.17, 15) is 0 Å². The Balaban J connectivity index is 1.05. The van der Waals surface area contributed by atoms with E-state index in [1.165, 1.54) is 117 Å². The first-order chi connectivity index (χ1) is 26.8. The number of rotatable bonds is 3. The number of fused-ring (bicyclic) bond motifs is 12. The number of benzene rings is 10. The van der Waals surface area contributed by atoms with Crippen LogP contribution in [0.3, 0.4) is 0 Å². The summed E-state index contributed by atoms with van der Waals surface area (Å²) < 4.78 is 5.45. The van der Waals surface area contributed by atoms with Gasteiger partial charge in [-0.1, -0.05) is 158 Å². The fraction of sp³-hybridized carbons (Fsp3) is 0. The molecule has 0 unspecified atom stereocenters. The van der Waals surface area contributed by atoms with Crippen molar-refractivity contribution in [3.63, 3.8) is 0 Å². The van der Waals surface area contributed by atoms with E-state index in [4.69, 9.17) is 0 Å². The predicted molar refractivity (Wildman–Crippen MR) is 239 cm³/mol. The summed E-state index contributed by atoms with van der Waals surface area (Å²) in [6, 6.07) is 67.7. The number of thiophene rings is 2. The van der Waals surface area contributed by atoms with Crippen LogP contribution in [0.4, 0.5) is 0 Å². The Bertz CT molecular complexity index is 3430. The van der Waals surface area contributed by atoms with Crippen LogP contribution in [0, 0.1) is 0 Å². The van der Waals surface area contributed by atoms with Crippen LogP contribution in [0.15, 0.2) is 182 Å². The van der Waals surface area contributed by atoms with Gasteiger partial charge in [0.05, 0.1) is 0 Å². The van der Waals surface area contributed by atoms with Crippen molar-refractivity contribution in [1.29, 1.82) is 0 Å². The summed E-state index contributed by atoms with van der Waals surface area (Å²) in [6.45, 7) is 0. The normalized spacial score (nSPS) is 12.1. The van der Waals surface area contributed by atoms with Gasteiger partial charge < -0.3 is 0 Å². The predicted octanol–water partition coefficient (Wildman–Crippen LogP) is 16.0. The van der Waals surface area contributed by atoms with Gasteiger partial charge in [0.1, 0.15) is 0 Å². The summed E-state index contributed by atoms with van der Waals surface area (Å²) in [5.74, 6) is 0. The molecule has 10 aromatic carbocycles. The van der Waals surface area contributed by atoms with Crippen molar-refractivity contribution < 1.29 is 0 Å².